The lowest BCUT2D eigenvalue weighted by atomic mass is 9.98. The van der Waals surface area contributed by atoms with E-state index in [9.17, 15) is 4.79 Å². The Balaban J connectivity index is 1.60. The number of benzene rings is 1. The Bertz CT molecular complexity index is 1250. The fourth-order valence-corrected chi connectivity index (χ4v) is 4.31. The molecular weight excluding hydrogens is 468 g/mol. The Kier molecular flexibility index (Phi) is 8.03. The molecule has 0 spiro atoms. The Morgan fingerprint density at radius 2 is 2.00 bits per heavy atom. The molecule has 1 aliphatic heterocycles. The molecule has 4 rings (SSSR count). The number of nitrogens with one attached hydrogen (secondary N) is 1. The summed E-state index contributed by atoms with van der Waals surface area (Å²) < 4.78 is 11.7. The second-order valence-electron chi connectivity index (χ2n) is 9.45. The van der Waals surface area contributed by atoms with Gasteiger partial charge < -0.3 is 25.4 Å². The van der Waals surface area contributed by atoms with Gasteiger partial charge in [0.1, 0.15) is 17.4 Å². The average Bonchev–Trinajstić information content (AvgIpc) is 3.37. The number of amides is 1. The number of rotatable bonds is 9. The summed E-state index contributed by atoms with van der Waals surface area (Å²) in [5.74, 6) is 1.90. The summed E-state index contributed by atoms with van der Waals surface area (Å²) in [6.45, 7) is 6.50. The first-order valence-corrected chi connectivity index (χ1v) is 12.4. The molecule has 5 N–H and O–H groups in total. The molecule has 1 amide bonds. The number of carbonyl (C=O) groups excluding carboxylic acids is 1. The van der Waals surface area contributed by atoms with E-state index >= 15 is 0 Å². The second-order valence-corrected chi connectivity index (χ2v) is 9.45. The monoisotopic (exact) mass is 503 g/mol. The minimum atomic E-state index is -0.609. The number of fused-ring (bicyclic) bond motifs is 1. The van der Waals surface area contributed by atoms with Crippen molar-refractivity contribution in [3.8, 4) is 0 Å². The number of anilines is 2. The van der Waals surface area contributed by atoms with Gasteiger partial charge in [0.05, 0.1) is 24.5 Å². The first kappa shape index (κ1) is 26.1. The molecule has 1 aliphatic carbocycles. The van der Waals surface area contributed by atoms with Crippen molar-refractivity contribution in [3.63, 3.8) is 0 Å². The third-order valence-corrected chi connectivity index (χ3v) is 6.32. The largest absolute Gasteiger partial charge is 0.481 e. The van der Waals surface area contributed by atoms with E-state index in [1.54, 1.807) is 6.92 Å². The number of carbonyl (C=O) groups is 1. The Labute approximate surface area is 217 Å². The van der Waals surface area contributed by atoms with Crippen molar-refractivity contribution in [1.82, 2.24) is 15.3 Å². The van der Waals surface area contributed by atoms with Crippen LogP contribution in [-0.4, -0.2) is 41.3 Å². The first-order valence-electron chi connectivity index (χ1n) is 12.4. The highest BCUT2D eigenvalue weighted by Gasteiger charge is 2.26. The first-order chi connectivity index (χ1) is 17.8. The van der Waals surface area contributed by atoms with Crippen LogP contribution in [0.3, 0.4) is 0 Å². The van der Waals surface area contributed by atoms with E-state index in [1.807, 2.05) is 68.3 Å². The third kappa shape index (κ3) is 5.89. The third-order valence-electron chi connectivity index (χ3n) is 6.32. The lowest BCUT2D eigenvalue weighted by Crippen LogP contribution is -2.38. The summed E-state index contributed by atoms with van der Waals surface area (Å²) in [5.41, 5.74) is 10.2. The van der Waals surface area contributed by atoms with Crippen molar-refractivity contribution in [3.05, 3.63) is 77.1 Å². The van der Waals surface area contributed by atoms with Crippen LogP contribution in [0.2, 0.25) is 0 Å². The van der Waals surface area contributed by atoms with Crippen molar-refractivity contribution in [1.29, 1.82) is 0 Å². The molecule has 0 saturated heterocycles. The number of hydrogen-bond acceptors (Lipinski definition) is 7. The molecule has 2 unspecified atom stereocenters. The van der Waals surface area contributed by atoms with Crippen LogP contribution < -0.4 is 21.4 Å². The topological polar surface area (TPSA) is 128 Å². The Morgan fingerprint density at radius 1 is 1.24 bits per heavy atom. The van der Waals surface area contributed by atoms with Gasteiger partial charge in [-0.1, -0.05) is 18.2 Å². The summed E-state index contributed by atoms with van der Waals surface area (Å²) in [6.07, 6.45) is 9.01. The molecule has 1 aromatic carbocycles. The highest BCUT2D eigenvalue weighted by Crippen LogP contribution is 2.35. The lowest BCUT2D eigenvalue weighted by molar-refractivity contribution is -0.129. The van der Waals surface area contributed by atoms with Gasteiger partial charge in [-0.25, -0.2) is 9.97 Å². The maximum atomic E-state index is 12.3. The number of hydrogen-bond donors (Lipinski definition) is 3. The van der Waals surface area contributed by atoms with Crippen LogP contribution in [0.4, 0.5) is 11.5 Å². The minimum absolute atomic E-state index is 0.0500. The minimum Gasteiger partial charge on any atom is -0.481 e. The summed E-state index contributed by atoms with van der Waals surface area (Å²) in [4.78, 5) is 24.2. The zero-order valence-electron chi connectivity index (χ0n) is 21.8. The van der Waals surface area contributed by atoms with Gasteiger partial charge in [0.2, 0.25) is 0 Å². The van der Waals surface area contributed by atoms with Crippen molar-refractivity contribution in [2.24, 2.45) is 5.73 Å². The predicted octanol–water partition coefficient (Wildman–Crippen LogP) is 2.26. The second kappa shape index (κ2) is 11.4. The van der Waals surface area contributed by atoms with E-state index < -0.39 is 6.10 Å². The summed E-state index contributed by atoms with van der Waals surface area (Å²) in [7, 11) is 1.98. The fourth-order valence-electron chi connectivity index (χ4n) is 4.31. The maximum Gasteiger partial charge on any atom is 0.260 e. The molecule has 1 aromatic heterocycles. The lowest BCUT2D eigenvalue weighted by Gasteiger charge is -2.24. The highest BCUT2D eigenvalue weighted by atomic mass is 16.5. The molecule has 37 heavy (non-hydrogen) atoms. The molecule has 9 heteroatoms. The molecule has 0 radical (unpaired) electrons. The molecule has 9 nitrogen and oxygen atoms in total. The van der Waals surface area contributed by atoms with E-state index in [0.29, 0.717) is 24.8 Å². The van der Waals surface area contributed by atoms with E-state index in [1.165, 1.54) is 12.4 Å². The molecule has 0 fully saturated rings. The molecular formula is C28H35N6O3+. The van der Waals surface area contributed by atoms with Crippen molar-refractivity contribution < 1.29 is 19.7 Å². The van der Waals surface area contributed by atoms with Crippen LogP contribution in [0.1, 0.15) is 55.8 Å². The summed E-state index contributed by atoms with van der Waals surface area (Å²) >= 11 is 0. The van der Waals surface area contributed by atoms with Gasteiger partial charge in [0.25, 0.3) is 5.91 Å². The van der Waals surface area contributed by atoms with Gasteiger partial charge in [0, 0.05) is 36.5 Å². The predicted molar refractivity (Wildman–Crippen MR) is 144 cm³/mol. The average molecular weight is 504 g/mol. The van der Waals surface area contributed by atoms with Gasteiger partial charge in [-0.2, -0.15) is 0 Å². The summed E-state index contributed by atoms with van der Waals surface area (Å²) in [5, 5.41) is 8.55. The van der Waals surface area contributed by atoms with E-state index in [4.69, 9.17) is 30.6 Å². The van der Waals surface area contributed by atoms with Crippen LogP contribution in [0.15, 0.2) is 54.5 Å². The van der Waals surface area contributed by atoms with Gasteiger partial charge in [-0.05, 0) is 57.0 Å². The smallest absolute Gasteiger partial charge is 0.260 e. The van der Waals surface area contributed by atoms with E-state index in [2.05, 4.69) is 5.32 Å². The quantitative estimate of drug-likeness (QED) is 0.448. The number of nitrogens with zero attached hydrogens (tertiary/aromatic N) is 3. The van der Waals surface area contributed by atoms with Crippen LogP contribution >= 0.6 is 0 Å². The number of ether oxygens (including phenoxy) is 2. The summed E-state index contributed by atoms with van der Waals surface area (Å²) in [6, 6.07) is 8.01. The zero-order chi connectivity index (χ0) is 26.5. The van der Waals surface area contributed by atoms with Gasteiger partial charge in [0.15, 0.2) is 12.3 Å². The van der Waals surface area contributed by atoms with Crippen LogP contribution in [0, 0.1) is 0 Å². The van der Waals surface area contributed by atoms with Crippen molar-refractivity contribution >= 4 is 29.2 Å². The van der Waals surface area contributed by atoms with Crippen molar-refractivity contribution in [2.45, 2.75) is 58.5 Å². The van der Waals surface area contributed by atoms with Gasteiger partial charge in [-0.3, -0.25) is 10.2 Å². The maximum absolute atomic E-state index is 12.3. The molecule has 194 valence electrons. The number of allylic oxidation sites excluding steroid dienone is 4. The van der Waals surface area contributed by atoms with Crippen molar-refractivity contribution in [2.75, 3.05) is 11.9 Å². The molecule has 0 saturated carbocycles. The Morgan fingerprint density at radius 3 is 2.68 bits per heavy atom. The number of nitrogens with two attached hydrogens (primary N) is 2. The highest BCUT2D eigenvalue weighted by molar-refractivity contribution is 6.06. The van der Waals surface area contributed by atoms with Gasteiger partial charge in [-0.15, -0.1) is 0 Å². The molecule has 2 aliphatic rings. The van der Waals surface area contributed by atoms with Gasteiger partial charge >= 0.3 is 0 Å². The SMILES string of the molecule is CC(C)NC(=O)C(C)OC1=CC(c2nc3c(c(N(C)c4ccc(/C(C=[NH2+])=C/N)cc4)n2)COC3)CC=C1. The molecule has 2 atom stereocenters. The Hall–Kier alpha value is -3.98. The van der Waals surface area contributed by atoms with Crippen LogP contribution in [-0.2, 0) is 27.5 Å². The standard InChI is InChI=1S/C28H34N6O3/c1-17(2)31-28(35)18(3)37-23-7-5-6-20(12-23)26-32-25-16-36-15-24(25)27(33-26)34(4)22-10-8-19(9-11-22)21(13-29)14-30/h5,7-14,17-18,20,29H,6,15-16,30H2,1-4H3,(H,31,35)/p+1/b21-14+,29-13?. The van der Waals surface area contributed by atoms with Crippen LogP contribution in [0.5, 0.6) is 0 Å². The molecule has 2 aromatic rings. The van der Waals surface area contributed by atoms with E-state index in [-0.39, 0.29) is 17.9 Å². The fraction of sp³-hybridized carbons (Fsp3) is 0.357. The molecule has 2 heterocycles. The molecule has 0 bridgehead atoms. The number of aromatic nitrogens is 2. The van der Waals surface area contributed by atoms with Crippen LogP contribution in [0.25, 0.3) is 5.57 Å². The zero-order valence-corrected chi connectivity index (χ0v) is 21.8. The van der Waals surface area contributed by atoms with E-state index in [0.717, 1.165) is 40.3 Å². The normalized spacial score (nSPS) is 17.7.